The second kappa shape index (κ2) is 7.19. The van der Waals surface area contributed by atoms with Crippen LogP contribution < -0.4 is 10.1 Å². The molecule has 2 aliphatic rings. The predicted octanol–water partition coefficient (Wildman–Crippen LogP) is 5.43. The topological polar surface area (TPSA) is 68.5 Å². The maximum absolute atomic E-state index is 13.0. The lowest BCUT2D eigenvalue weighted by atomic mass is 9.78. The summed E-state index contributed by atoms with van der Waals surface area (Å²) in [5, 5.41) is 3.89. The minimum absolute atomic E-state index is 0.0479. The van der Waals surface area contributed by atoms with Gasteiger partial charge in [0.05, 0.1) is 12.0 Å². The van der Waals surface area contributed by atoms with Crippen LogP contribution in [0.15, 0.2) is 16.5 Å². The standard InChI is InChI=1S/C24H31NO4/c1-6-24(5)12-17(26)21-19(29-24)11-10-18-20(21)15(4)22(28-18)23(27)25-16-9-7-8-13(2)14(16)3/h10-11,13-14,16H,6-9,12H2,1-5H3,(H,25,27)/t13-,14+,16+,24+/m0/s1. The molecule has 0 unspecified atom stereocenters. The van der Waals surface area contributed by atoms with Gasteiger partial charge in [-0.15, -0.1) is 0 Å². The SMILES string of the molecule is CC[C@]1(C)CC(=O)c2c(ccc3oc(C(=O)N[C@@H]4CCC[C@H](C)[C@H]4C)c(C)c23)O1. The average molecular weight is 398 g/mol. The van der Waals surface area contributed by atoms with Crippen molar-refractivity contribution in [2.45, 2.75) is 78.4 Å². The summed E-state index contributed by atoms with van der Waals surface area (Å²) in [6.45, 7) is 10.3. The first-order chi connectivity index (χ1) is 13.7. The Labute approximate surface area is 172 Å². The van der Waals surface area contributed by atoms with E-state index in [9.17, 15) is 9.59 Å². The first-order valence-corrected chi connectivity index (χ1v) is 10.8. The second-order valence-corrected chi connectivity index (χ2v) is 9.22. The number of Topliss-reactive ketones (excluding diaryl/α,β-unsaturated/α-hetero) is 1. The highest BCUT2D eigenvalue weighted by molar-refractivity contribution is 6.13. The van der Waals surface area contributed by atoms with E-state index in [0.717, 1.165) is 19.3 Å². The summed E-state index contributed by atoms with van der Waals surface area (Å²) in [5.41, 5.74) is 1.34. The van der Waals surface area contributed by atoms with Crippen LogP contribution in [0.4, 0.5) is 0 Å². The van der Waals surface area contributed by atoms with Gasteiger partial charge in [-0.2, -0.15) is 0 Å². The van der Waals surface area contributed by atoms with Gasteiger partial charge in [0.15, 0.2) is 11.5 Å². The number of aryl methyl sites for hydroxylation is 1. The lowest BCUT2D eigenvalue weighted by Crippen LogP contribution is -2.43. The Hall–Kier alpha value is -2.30. The fourth-order valence-electron chi connectivity index (χ4n) is 4.85. The van der Waals surface area contributed by atoms with Crippen LogP contribution in [0.25, 0.3) is 11.0 Å². The number of rotatable bonds is 3. The molecule has 1 saturated carbocycles. The van der Waals surface area contributed by atoms with E-state index in [1.54, 1.807) is 12.1 Å². The molecule has 156 valence electrons. The van der Waals surface area contributed by atoms with E-state index in [2.05, 4.69) is 19.2 Å². The van der Waals surface area contributed by atoms with E-state index in [-0.39, 0.29) is 17.7 Å². The van der Waals surface area contributed by atoms with Gasteiger partial charge in [-0.25, -0.2) is 0 Å². The number of ketones is 1. The van der Waals surface area contributed by atoms with Crippen molar-refractivity contribution in [3.05, 3.63) is 29.0 Å². The molecular formula is C24H31NO4. The summed E-state index contributed by atoms with van der Waals surface area (Å²) in [5.74, 6) is 1.78. The third kappa shape index (κ3) is 3.34. The number of carbonyl (C=O) groups excluding carboxylic acids is 2. The molecule has 4 atom stereocenters. The van der Waals surface area contributed by atoms with Crippen LogP contribution in [-0.4, -0.2) is 23.3 Å². The predicted molar refractivity (Wildman–Crippen MR) is 113 cm³/mol. The number of ether oxygens (including phenoxy) is 1. The molecular weight excluding hydrogens is 366 g/mol. The second-order valence-electron chi connectivity index (χ2n) is 9.22. The van der Waals surface area contributed by atoms with Crippen LogP contribution >= 0.6 is 0 Å². The molecule has 4 rings (SSSR count). The number of amides is 1. The van der Waals surface area contributed by atoms with Gasteiger partial charge in [0.2, 0.25) is 0 Å². The minimum atomic E-state index is -0.483. The van der Waals surface area contributed by atoms with E-state index in [4.69, 9.17) is 9.15 Å². The number of furan rings is 1. The summed E-state index contributed by atoms with van der Waals surface area (Å²) in [4.78, 5) is 26.0. The molecule has 5 nitrogen and oxygen atoms in total. The third-order valence-corrected chi connectivity index (χ3v) is 7.20. The van der Waals surface area contributed by atoms with Gasteiger partial charge >= 0.3 is 0 Å². The minimum Gasteiger partial charge on any atom is -0.486 e. The van der Waals surface area contributed by atoms with Crippen LogP contribution in [0.2, 0.25) is 0 Å². The van der Waals surface area contributed by atoms with E-state index >= 15 is 0 Å². The number of benzene rings is 1. The Kier molecular flexibility index (Phi) is 4.96. The molecule has 0 spiro atoms. The molecule has 2 heterocycles. The van der Waals surface area contributed by atoms with E-state index in [1.807, 2.05) is 20.8 Å². The van der Waals surface area contributed by atoms with Gasteiger partial charge in [0.1, 0.15) is 16.9 Å². The van der Waals surface area contributed by atoms with Gasteiger partial charge in [-0.1, -0.05) is 33.6 Å². The molecule has 2 aromatic rings. The van der Waals surface area contributed by atoms with Crippen molar-refractivity contribution < 1.29 is 18.7 Å². The van der Waals surface area contributed by atoms with Gasteiger partial charge in [0, 0.05) is 17.0 Å². The Morgan fingerprint density at radius 1 is 1.28 bits per heavy atom. The van der Waals surface area contributed by atoms with Crippen LogP contribution in [0.1, 0.15) is 86.3 Å². The van der Waals surface area contributed by atoms with Crippen molar-refractivity contribution in [2.24, 2.45) is 11.8 Å². The zero-order valence-corrected chi connectivity index (χ0v) is 18.1. The molecule has 1 aliphatic heterocycles. The maximum atomic E-state index is 13.0. The molecule has 1 aliphatic carbocycles. The quantitative estimate of drug-likeness (QED) is 0.750. The zero-order valence-electron chi connectivity index (χ0n) is 18.1. The number of hydrogen-bond donors (Lipinski definition) is 1. The molecule has 1 N–H and O–H groups in total. The van der Waals surface area contributed by atoms with Gasteiger partial charge in [-0.05, 0) is 50.7 Å². The van der Waals surface area contributed by atoms with E-state index < -0.39 is 5.60 Å². The van der Waals surface area contributed by atoms with E-state index in [1.165, 1.54) is 6.42 Å². The van der Waals surface area contributed by atoms with Crippen molar-refractivity contribution in [2.75, 3.05) is 0 Å². The highest BCUT2D eigenvalue weighted by Gasteiger charge is 2.38. The normalized spacial score (nSPS) is 29.4. The molecule has 1 aromatic carbocycles. The molecule has 1 aromatic heterocycles. The smallest absolute Gasteiger partial charge is 0.287 e. The van der Waals surface area contributed by atoms with Crippen molar-refractivity contribution in [1.82, 2.24) is 5.32 Å². The lowest BCUT2D eigenvalue weighted by molar-refractivity contribution is 0.0503. The first-order valence-electron chi connectivity index (χ1n) is 10.8. The fourth-order valence-corrected chi connectivity index (χ4v) is 4.85. The monoisotopic (exact) mass is 397 g/mol. The third-order valence-electron chi connectivity index (χ3n) is 7.20. The molecule has 1 fully saturated rings. The molecule has 29 heavy (non-hydrogen) atoms. The molecule has 1 amide bonds. The Balaban J connectivity index is 1.69. The number of hydrogen-bond acceptors (Lipinski definition) is 4. The molecule has 0 radical (unpaired) electrons. The first kappa shape index (κ1) is 20.0. The highest BCUT2D eigenvalue weighted by Crippen LogP contribution is 2.41. The van der Waals surface area contributed by atoms with Crippen molar-refractivity contribution >= 4 is 22.7 Å². The van der Waals surface area contributed by atoms with Gasteiger partial charge in [0.25, 0.3) is 5.91 Å². The average Bonchev–Trinajstić information content (AvgIpc) is 3.02. The Bertz CT molecular complexity index is 975. The van der Waals surface area contributed by atoms with Crippen molar-refractivity contribution in [3.63, 3.8) is 0 Å². The Morgan fingerprint density at radius 2 is 2.03 bits per heavy atom. The fraction of sp³-hybridized carbons (Fsp3) is 0.583. The summed E-state index contributed by atoms with van der Waals surface area (Å²) >= 11 is 0. The van der Waals surface area contributed by atoms with Crippen LogP contribution in [0.3, 0.4) is 0 Å². The van der Waals surface area contributed by atoms with Crippen LogP contribution in [0.5, 0.6) is 5.75 Å². The number of fused-ring (bicyclic) bond motifs is 3. The van der Waals surface area contributed by atoms with E-state index in [0.29, 0.717) is 51.9 Å². The van der Waals surface area contributed by atoms with Crippen molar-refractivity contribution in [3.8, 4) is 5.75 Å². The summed E-state index contributed by atoms with van der Waals surface area (Å²) in [6, 6.07) is 3.75. The summed E-state index contributed by atoms with van der Waals surface area (Å²) in [7, 11) is 0. The summed E-state index contributed by atoms with van der Waals surface area (Å²) < 4.78 is 12.1. The number of nitrogens with one attached hydrogen (secondary N) is 1. The van der Waals surface area contributed by atoms with Crippen LogP contribution in [-0.2, 0) is 0 Å². The lowest BCUT2D eigenvalue weighted by Gasteiger charge is -2.34. The summed E-state index contributed by atoms with van der Waals surface area (Å²) in [6.07, 6.45) is 4.42. The van der Waals surface area contributed by atoms with Crippen LogP contribution in [0, 0.1) is 18.8 Å². The molecule has 0 saturated heterocycles. The number of carbonyl (C=O) groups is 2. The highest BCUT2D eigenvalue weighted by atomic mass is 16.5. The molecule has 5 heteroatoms. The zero-order chi connectivity index (χ0) is 20.9. The van der Waals surface area contributed by atoms with Gasteiger partial charge < -0.3 is 14.5 Å². The van der Waals surface area contributed by atoms with Crippen molar-refractivity contribution in [1.29, 1.82) is 0 Å². The maximum Gasteiger partial charge on any atom is 0.287 e. The van der Waals surface area contributed by atoms with Gasteiger partial charge in [-0.3, -0.25) is 9.59 Å². The molecule has 0 bridgehead atoms. The largest absolute Gasteiger partial charge is 0.486 e. The Morgan fingerprint density at radius 3 is 2.76 bits per heavy atom.